The summed E-state index contributed by atoms with van der Waals surface area (Å²) in [6.45, 7) is 17.1. The molecule has 0 unspecified atom stereocenters. The zero-order valence-electron chi connectivity index (χ0n) is 26.4. The number of amides is 4. The molecule has 1 spiro atoms. The number of imide groups is 1. The minimum Gasteiger partial charge on any atom is -0.358 e. The maximum Gasteiger partial charge on any atom is 0.332 e. The van der Waals surface area contributed by atoms with Crippen LogP contribution in [0.1, 0.15) is 53.0 Å². The predicted octanol–water partition coefficient (Wildman–Crippen LogP) is 4.51. The number of benzene rings is 1. The summed E-state index contributed by atoms with van der Waals surface area (Å²) < 4.78 is 0. The van der Waals surface area contributed by atoms with Crippen LogP contribution in [-0.2, 0) is 20.8 Å². The summed E-state index contributed by atoms with van der Waals surface area (Å²) in [5.41, 5.74) is 8.27. The number of anilines is 4. The molecule has 44 heavy (non-hydrogen) atoms. The fourth-order valence-corrected chi connectivity index (χ4v) is 5.10. The van der Waals surface area contributed by atoms with Crippen molar-refractivity contribution < 1.29 is 19.2 Å². The van der Waals surface area contributed by atoms with Gasteiger partial charge in [0, 0.05) is 33.6 Å². The average Bonchev–Trinajstić information content (AvgIpc) is 3.79. The minimum absolute atomic E-state index is 0.0962. The molecule has 1 aromatic heterocycles. The van der Waals surface area contributed by atoms with E-state index in [1.54, 1.807) is 30.3 Å². The molecule has 4 rings (SSSR count). The van der Waals surface area contributed by atoms with Crippen molar-refractivity contribution in [3.63, 3.8) is 0 Å². The molecule has 2 aromatic rings. The molecule has 2 aliphatic rings. The first-order valence-electron chi connectivity index (χ1n) is 14.7. The van der Waals surface area contributed by atoms with E-state index in [9.17, 15) is 19.2 Å². The Balaban J connectivity index is 0.000000978. The Bertz CT molecular complexity index is 1500. The van der Waals surface area contributed by atoms with Gasteiger partial charge < -0.3 is 20.0 Å². The van der Waals surface area contributed by atoms with Crippen molar-refractivity contribution in [3.8, 4) is 0 Å². The molecular formula is C33H41N7O4. The van der Waals surface area contributed by atoms with E-state index in [2.05, 4.69) is 40.7 Å². The molecule has 2 heterocycles. The summed E-state index contributed by atoms with van der Waals surface area (Å²) in [6, 6.07) is 6.17. The SMILES string of the molecule is C=C=C=C=C.CCN(CC)c1ncc(N(CC)C(C)=O)c(N[C@@H](Cc2ccc(N3C(=O)N(C)C4(CC4)C3=O)cc2)C(C)=O)n1. The minimum atomic E-state index is -0.676. The summed E-state index contributed by atoms with van der Waals surface area (Å²) in [7, 11) is 1.67. The standard InChI is InChI=1S/C28H37N7O4.C5H4/c1-7-33(8-2)26-29-17-23(34(9-3)19(5)37)24(31-26)30-22(18(4)36)16-20-10-12-21(13-11-20)35-25(38)28(14-15-28)32(6)27(35)39;1-3-5-4-2/h10-13,17,22H,7-9,14-16H2,1-6H3,(H,29,30,31);1-2H2/t22-;/m0./s1. The fourth-order valence-electron chi connectivity index (χ4n) is 5.10. The van der Waals surface area contributed by atoms with Crippen molar-refractivity contribution >= 4 is 46.8 Å². The molecule has 0 radical (unpaired) electrons. The summed E-state index contributed by atoms with van der Waals surface area (Å²) in [5, 5.41) is 3.27. The number of rotatable bonds is 11. The summed E-state index contributed by atoms with van der Waals surface area (Å²) in [6.07, 6.45) is 3.34. The zero-order valence-corrected chi connectivity index (χ0v) is 26.4. The molecule has 1 aliphatic heterocycles. The van der Waals surface area contributed by atoms with E-state index < -0.39 is 11.6 Å². The fraction of sp³-hybridized carbons (Fsp3) is 0.424. The number of aromatic nitrogens is 2. The summed E-state index contributed by atoms with van der Waals surface area (Å²) in [4.78, 5) is 66.2. The predicted molar refractivity (Wildman–Crippen MR) is 172 cm³/mol. The van der Waals surface area contributed by atoms with Gasteiger partial charge in [-0.2, -0.15) is 4.98 Å². The van der Waals surface area contributed by atoms with E-state index in [0.717, 1.165) is 5.56 Å². The lowest BCUT2D eigenvalue weighted by Crippen LogP contribution is -2.34. The number of urea groups is 1. The smallest absolute Gasteiger partial charge is 0.332 e. The third kappa shape index (κ3) is 6.99. The van der Waals surface area contributed by atoms with Gasteiger partial charge in [0.2, 0.25) is 11.9 Å². The molecular weight excluding hydrogens is 558 g/mol. The Hall–Kier alpha value is -4.94. The maximum absolute atomic E-state index is 12.9. The Morgan fingerprint density at radius 2 is 1.66 bits per heavy atom. The third-order valence-electron chi connectivity index (χ3n) is 7.85. The molecule has 2 fully saturated rings. The van der Waals surface area contributed by atoms with E-state index in [-0.39, 0.29) is 23.6 Å². The molecule has 4 amide bonds. The highest BCUT2D eigenvalue weighted by Crippen LogP contribution is 2.48. The normalized spacial score (nSPS) is 15.0. The number of hydrogen-bond donors (Lipinski definition) is 1. The third-order valence-corrected chi connectivity index (χ3v) is 7.85. The van der Waals surface area contributed by atoms with Crippen LogP contribution in [0.5, 0.6) is 0 Å². The Morgan fingerprint density at radius 1 is 1.05 bits per heavy atom. The number of nitrogens with one attached hydrogen (secondary N) is 1. The van der Waals surface area contributed by atoms with Gasteiger partial charge in [-0.3, -0.25) is 14.4 Å². The van der Waals surface area contributed by atoms with Crippen LogP contribution in [0.3, 0.4) is 0 Å². The molecule has 0 bridgehead atoms. The number of hydrogen-bond acceptors (Lipinski definition) is 8. The molecule has 1 saturated carbocycles. The van der Waals surface area contributed by atoms with Crippen LogP contribution in [0.15, 0.2) is 60.8 Å². The van der Waals surface area contributed by atoms with Crippen molar-refractivity contribution in [2.75, 3.05) is 46.7 Å². The van der Waals surface area contributed by atoms with Crippen LogP contribution in [0.4, 0.5) is 27.9 Å². The van der Waals surface area contributed by atoms with Gasteiger partial charge in [-0.05, 0) is 83.5 Å². The van der Waals surface area contributed by atoms with Gasteiger partial charge >= 0.3 is 6.03 Å². The van der Waals surface area contributed by atoms with Gasteiger partial charge in [0.25, 0.3) is 5.91 Å². The molecule has 11 nitrogen and oxygen atoms in total. The first kappa shape index (κ1) is 33.6. The number of carbonyl (C=O) groups excluding carboxylic acids is 4. The summed E-state index contributed by atoms with van der Waals surface area (Å²) in [5.74, 6) is 0.486. The van der Waals surface area contributed by atoms with Crippen LogP contribution >= 0.6 is 0 Å². The molecule has 1 aromatic carbocycles. The second-order valence-corrected chi connectivity index (χ2v) is 10.5. The first-order valence-corrected chi connectivity index (χ1v) is 14.7. The summed E-state index contributed by atoms with van der Waals surface area (Å²) >= 11 is 0. The zero-order chi connectivity index (χ0) is 32.6. The second kappa shape index (κ2) is 14.5. The van der Waals surface area contributed by atoms with E-state index in [1.165, 1.54) is 23.6 Å². The Labute approximate surface area is 259 Å². The molecule has 11 heteroatoms. The van der Waals surface area contributed by atoms with E-state index in [0.29, 0.717) is 62.0 Å². The number of ketones is 1. The first-order chi connectivity index (χ1) is 21.0. The highest BCUT2D eigenvalue weighted by molar-refractivity contribution is 6.24. The van der Waals surface area contributed by atoms with Crippen molar-refractivity contribution in [2.45, 2.75) is 65.5 Å². The van der Waals surface area contributed by atoms with Crippen LogP contribution in [-0.4, -0.2) is 76.8 Å². The maximum atomic E-state index is 12.9. The lowest BCUT2D eigenvalue weighted by molar-refractivity contribution is -0.120. The number of likely N-dealkylation sites (N-methyl/N-ethyl adjacent to an activating group) is 1. The van der Waals surface area contributed by atoms with E-state index >= 15 is 0 Å². The number of nitrogens with zero attached hydrogens (tertiary/aromatic N) is 6. The lowest BCUT2D eigenvalue weighted by Gasteiger charge is -2.26. The van der Waals surface area contributed by atoms with Gasteiger partial charge in [-0.15, -0.1) is 0 Å². The van der Waals surface area contributed by atoms with Crippen LogP contribution in [0.25, 0.3) is 0 Å². The van der Waals surface area contributed by atoms with Gasteiger partial charge in [0.1, 0.15) is 11.2 Å². The van der Waals surface area contributed by atoms with Crippen LogP contribution in [0, 0.1) is 0 Å². The molecule has 1 N–H and O–H groups in total. The van der Waals surface area contributed by atoms with Crippen molar-refractivity contribution in [2.24, 2.45) is 0 Å². The van der Waals surface area contributed by atoms with Gasteiger partial charge in [-0.1, -0.05) is 23.6 Å². The van der Waals surface area contributed by atoms with Crippen molar-refractivity contribution in [1.29, 1.82) is 0 Å². The Morgan fingerprint density at radius 3 is 2.09 bits per heavy atom. The van der Waals surface area contributed by atoms with E-state index in [4.69, 9.17) is 4.98 Å². The van der Waals surface area contributed by atoms with Crippen LogP contribution < -0.4 is 20.0 Å². The average molecular weight is 600 g/mol. The topological polar surface area (TPSA) is 119 Å². The largest absolute Gasteiger partial charge is 0.358 e. The quantitative estimate of drug-likeness (QED) is 0.296. The second-order valence-electron chi connectivity index (χ2n) is 10.5. The van der Waals surface area contributed by atoms with Crippen LogP contribution in [0.2, 0.25) is 0 Å². The van der Waals surface area contributed by atoms with Crippen molar-refractivity contribution in [1.82, 2.24) is 14.9 Å². The van der Waals surface area contributed by atoms with Gasteiger partial charge in [0.15, 0.2) is 11.6 Å². The molecule has 232 valence electrons. The highest BCUT2D eigenvalue weighted by atomic mass is 16.2. The molecule has 1 atom stereocenters. The van der Waals surface area contributed by atoms with Gasteiger partial charge in [-0.25, -0.2) is 14.7 Å². The number of carbonyl (C=O) groups is 4. The molecule has 1 saturated heterocycles. The van der Waals surface area contributed by atoms with E-state index in [1.807, 2.05) is 37.8 Å². The Kier molecular flexibility index (Phi) is 11.1. The van der Waals surface area contributed by atoms with Crippen molar-refractivity contribution in [3.05, 3.63) is 66.4 Å². The number of Topliss-reactive ketones (excluding diaryl/α,β-unsaturated/α-hetero) is 1. The molecule has 1 aliphatic carbocycles. The highest BCUT2D eigenvalue weighted by Gasteiger charge is 2.63. The lowest BCUT2D eigenvalue weighted by atomic mass is 10.0. The monoisotopic (exact) mass is 599 g/mol. The van der Waals surface area contributed by atoms with Gasteiger partial charge in [0.05, 0.1) is 17.9 Å².